The van der Waals surface area contributed by atoms with Gasteiger partial charge in [0, 0.05) is 21.1 Å². The van der Waals surface area contributed by atoms with Crippen molar-refractivity contribution in [3.63, 3.8) is 0 Å². The first-order valence-electron chi connectivity index (χ1n) is 5.05. The highest BCUT2D eigenvalue weighted by Crippen LogP contribution is 2.07. The molecule has 5 nitrogen and oxygen atoms in total. The SMILES string of the molecule is CCC(C(=O)N(C)CC(=O)N(C)C)C(N)=S. The van der Waals surface area contributed by atoms with Crippen molar-refractivity contribution < 1.29 is 9.59 Å². The lowest BCUT2D eigenvalue weighted by Crippen LogP contribution is -2.43. The fraction of sp³-hybridized carbons (Fsp3) is 0.700. The van der Waals surface area contributed by atoms with Gasteiger partial charge in [-0.25, -0.2) is 0 Å². The lowest BCUT2D eigenvalue weighted by molar-refractivity contribution is -0.139. The van der Waals surface area contributed by atoms with E-state index in [1.165, 1.54) is 9.80 Å². The molecule has 0 fully saturated rings. The molecular weight excluding hydrogens is 226 g/mol. The maximum absolute atomic E-state index is 11.9. The first kappa shape index (κ1) is 14.8. The molecule has 0 aromatic heterocycles. The zero-order valence-electron chi connectivity index (χ0n) is 10.2. The fourth-order valence-corrected chi connectivity index (χ4v) is 1.45. The van der Waals surface area contributed by atoms with Crippen molar-refractivity contribution in [2.45, 2.75) is 13.3 Å². The maximum Gasteiger partial charge on any atom is 0.241 e. The number of nitrogens with zero attached hydrogens (tertiary/aromatic N) is 2. The third-order valence-corrected chi connectivity index (χ3v) is 2.58. The summed E-state index contributed by atoms with van der Waals surface area (Å²) in [5.74, 6) is -0.811. The van der Waals surface area contributed by atoms with Gasteiger partial charge in [0.1, 0.15) is 0 Å². The van der Waals surface area contributed by atoms with Crippen LogP contribution in [0.2, 0.25) is 0 Å². The molecule has 0 spiro atoms. The molecule has 0 aromatic carbocycles. The van der Waals surface area contributed by atoms with Gasteiger partial charge < -0.3 is 15.5 Å². The van der Waals surface area contributed by atoms with Gasteiger partial charge in [0.15, 0.2) is 0 Å². The van der Waals surface area contributed by atoms with Gasteiger partial charge >= 0.3 is 0 Å². The van der Waals surface area contributed by atoms with Crippen LogP contribution >= 0.6 is 12.2 Å². The van der Waals surface area contributed by atoms with Crippen molar-refractivity contribution in [1.29, 1.82) is 0 Å². The number of nitrogens with two attached hydrogens (primary N) is 1. The van der Waals surface area contributed by atoms with E-state index < -0.39 is 5.92 Å². The zero-order valence-corrected chi connectivity index (χ0v) is 11.0. The predicted octanol–water partition coefficient (Wildman–Crippen LogP) is -0.155. The summed E-state index contributed by atoms with van der Waals surface area (Å²) < 4.78 is 0. The van der Waals surface area contributed by atoms with Gasteiger partial charge in [0.2, 0.25) is 11.8 Å². The Labute approximate surface area is 102 Å². The predicted molar refractivity (Wildman–Crippen MR) is 66.9 cm³/mol. The van der Waals surface area contributed by atoms with E-state index in [0.29, 0.717) is 6.42 Å². The summed E-state index contributed by atoms with van der Waals surface area (Å²) in [6.07, 6.45) is 0.550. The van der Waals surface area contributed by atoms with Crippen LogP contribution in [0.15, 0.2) is 0 Å². The fourth-order valence-electron chi connectivity index (χ4n) is 1.19. The van der Waals surface area contributed by atoms with Crippen LogP contribution in [0.5, 0.6) is 0 Å². The summed E-state index contributed by atoms with van der Waals surface area (Å²) >= 11 is 4.81. The molecule has 0 rings (SSSR count). The second kappa shape index (κ2) is 6.42. The molecule has 0 aliphatic carbocycles. The summed E-state index contributed by atoms with van der Waals surface area (Å²) in [7, 11) is 4.86. The lowest BCUT2D eigenvalue weighted by Gasteiger charge is -2.23. The molecule has 1 atom stereocenters. The second-order valence-corrected chi connectivity index (χ2v) is 4.32. The Morgan fingerprint density at radius 1 is 1.31 bits per heavy atom. The molecule has 0 aliphatic rings. The number of carbonyl (C=O) groups excluding carboxylic acids is 2. The number of hydrogen-bond donors (Lipinski definition) is 1. The molecule has 1 unspecified atom stereocenters. The Kier molecular flexibility index (Phi) is 5.95. The third-order valence-electron chi connectivity index (χ3n) is 2.30. The monoisotopic (exact) mass is 245 g/mol. The molecule has 0 radical (unpaired) electrons. The van der Waals surface area contributed by atoms with Crippen molar-refractivity contribution in [2.24, 2.45) is 11.7 Å². The number of likely N-dealkylation sites (N-methyl/N-ethyl adjacent to an activating group) is 2. The normalized spacial score (nSPS) is 11.8. The van der Waals surface area contributed by atoms with Gasteiger partial charge in [-0.15, -0.1) is 0 Å². The quantitative estimate of drug-likeness (QED) is 0.684. The Bertz CT molecular complexity index is 292. The number of thiocarbonyl (C=S) groups is 1. The Hall–Kier alpha value is -1.17. The van der Waals surface area contributed by atoms with Crippen LogP contribution < -0.4 is 5.73 Å². The van der Waals surface area contributed by atoms with Gasteiger partial charge in [0.05, 0.1) is 17.5 Å². The van der Waals surface area contributed by atoms with Gasteiger partial charge in [-0.3, -0.25) is 9.59 Å². The molecule has 2 amide bonds. The van der Waals surface area contributed by atoms with Crippen LogP contribution in [0.25, 0.3) is 0 Å². The van der Waals surface area contributed by atoms with Crippen LogP contribution in [-0.2, 0) is 9.59 Å². The van der Waals surface area contributed by atoms with Crippen LogP contribution in [0, 0.1) is 5.92 Å². The standard InChI is InChI=1S/C10H19N3O2S/c1-5-7(9(11)16)10(15)13(4)6-8(14)12(2)3/h7H,5-6H2,1-4H3,(H2,11,16). The highest BCUT2D eigenvalue weighted by atomic mass is 32.1. The van der Waals surface area contributed by atoms with Crippen LogP contribution in [0.3, 0.4) is 0 Å². The number of amides is 2. The van der Waals surface area contributed by atoms with Crippen molar-refractivity contribution in [3.05, 3.63) is 0 Å². The van der Waals surface area contributed by atoms with E-state index in [9.17, 15) is 9.59 Å². The molecule has 0 aliphatic heterocycles. The lowest BCUT2D eigenvalue weighted by atomic mass is 10.1. The molecule has 16 heavy (non-hydrogen) atoms. The molecule has 0 saturated carbocycles. The summed E-state index contributed by atoms with van der Waals surface area (Å²) in [5.41, 5.74) is 5.47. The Balaban J connectivity index is 4.49. The molecule has 2 N–H and O–H groups in total. The summed E-state index contributed by atoms with van der Waals surface area (Å²) in [4.78, 5) is 26.2. The molecular formula is C10H19N3O2S. The summed E-state index contributed by atoms with van der Waals surface area (Å²) in [6.45, 7) is 1.88. The van der Waals surface area contributed by atoms with Gasteiger partial charge in [0.25, 0.3) is 0 Å². The molecule has 0 saturated heterocycles. The van der Waals surface area contributed by atoms with E-state index in [4.69, 9.17) is 18.0 Å². The van der Waals surface area contributed by atoms with Crippen molar-refractivity contribution in [2.75, 3.05) is 27.7 Å². The smallest absolute Gasteiger partial charge is 0.241 e. The van der Waals surface area contributed by atoms with Crippen LogP contribution in [0.1, 0.15) is 13.3 Å². The third kappa shape index (κ3) is 4.14. The molecule has 0 bridgehead atoms. The second-order valence-electron chi connectivity index (χ2n) is 3.85. The van der Waals surface area contributed by atoms with Crippen molar-refractivity contribution in [1.82, 2.24) is 9.80 Å². The first-order chi connectivity index (χ1) is 7.31. The average Bonchev–Trinajstić information content (AvgIpc) is 2.17. The molecule has 92 valence electrons. The van der Waals surface area contributed by atoms with E-state index >= 15 is 0 Å². The van der Waals surface area contributed by atoms with E-state index in [1.807, 2.05) is 6.92 Å². The Morgan fingerprint density at radius 3 is 2.12 bits per heavy atom. The molecule has 6 heteroatoms. The Morgan fingerprint density at radius 2 is 1.81 bits per heavy atom. The van der Waals surface area contributed by atoms with Crippen LogP contribution in [-0.4, -0.2) is 54.3 Å². The van der Waals surface area contributed by atoms with Crippen LogP contribution in [0.4, 0.5) is 0 Å². The van der Waals surface area contributed by atoms with E-state index in [2.05, 4.69) is 0 Å². The average molecular weight is 245 g/mol. The minimum absolute atomic E-state index is 0.0466. The van der Waals surface area contributed by atoms with Crippen molar-refractivity contribution >= 4 is 29.0 Å². The topological polar surface area (TPSA) is 66.6 Å². The number of carbonyl (C=O) groups is 2. The zero-order chi connectivity index (χ0) is 12.9. The van der Waals surface area contributed by atoms with E-state index in [1.54, 1.807) is 21.1 Å². The summed E-state index contributed by atoms with van der Waals surface area (Å²) in [6, 6.07) is 0. The largest absolute Gasteiger partial charge is 0.393 e. The van der Waals surface area contributed by atoms with E-state index in [0.717, 1.165) is 0 Å². The van der Waals surface area contributed by atoms with Gasteiger partial charge in [-0.05, 0) is 6.42 Å². The van der Waals surface area contributed by atoms with E-state index in [-0.39, 0.29) is 23.3 Å². The molecule has 0 aromatic rings. The van der Waals surface area contributed by atoms with Crippen molar-refractivity contribution in [3.8, 4) is 0 Å². The minimum atomic E-state index is -0.477. The highest BCUT2D eigenvalue weighted by Gasteiger charge is 2.24. The highest BCUT2D eigenvalue weighted by molar-refractivity contribution is 7.80. The first-order valence-corrected chi connectivity index (χ1v) is 5.46. The summed E-state index contributed by atoms with van der Waals surface area (Å²) in [5, 5.41) is 0. The maximum atomic E-state index is 11.9. The number of hydrogen-bond acceptors (Lipinski definition) is 3. The van der Waals surface area contributed by atoms with Gasteiger partial charge in [-0.1, -0.05) is 19.1 Å². The minimum Gasteiger partial charge on any atom is -0.393 e. The molecule has 0 heterocycles. The number of rotatable bonds is 5. The van der Waals surface area contributed by atoms with Gasteiger partial charge in [-0.2, -0.15) is 0 Å².